The molecule has 114 valence electrons. The highest BCUT2D eigenvalue weighted by Crippen LogP contribution is 2.34. The maximum absolute atomic E-state index is 12.2. The van der Waals surface area contributed by atoms with Crippen molar-refractivity contribution in [2.75, 3.05) is 6.61 Å². The van der Waals surface area contributed by atoms with Gasteiger partial charge in [-0.3, -0.25) is 4.90 Å². The lowest BCUT2D eigenvalue weighted by atomic mass is 9.93. The van der Waals surface area contributed by atoms with E-state index < -0.39 is 18.4 Å². The van der Waals surface area contributed by atoms with Gasteiger partial charge >= 0.3 is 12.1 Å². The lowest BCUT2D eigenvalue weighted by Crippen LogP contribution is -2.48. The van der Waals surface area contributed by atoms with Crippen molar-refractivity contribution < 1.29 is 19.1 Å². The number of carbonyl (C=O) groups is 2. The SMILES string of the molecule is C=CCOC(=O)N1[C@H](C(C)(C)C)OC(=O)[C@@H]1CC(C)C. The molecule has 0 aromatic carbocycles. The van der Waals surface area contributed by atoms with Crippen LogP contribution in [0.1, 0.15) is 41.0 Å². The molecule has 0 unspecified atom stereocenters. The van der Waals surface area contributed by atoms with Crippen molar-refractivity contribution in [2.24, 2.45) is 11.3 Å². The van der Waals surface area contributed by atoms with Crippen LogP contribution in [0.25, 0.3) is 0 Å². The summed E-state index contributed by atoms with van der Waals surface area (Å²) < 4.78 is 10.5. The summed E-state index contributed by atoms with van der Waals surface area (Å²) in [5.41, 5.74) is -0.366. The van der Waals surface area contributed by atoms with Crippen molar-refractivity contribution in [3.8, 4) is 0 Å². The number of esters is 1. The minimum Gasteiger partial charge on any atom is -0.445 e. The Morgan fingerprint density at radius 2 is 2.10 bits per heavy atom. The Bertz CT molecular complexity index is 384. The Labute approximate surface area is 120 Å². The summed E-state index contributed by atoms with van der Waals surface area (Å²) in [7, 11) is 0. The van der Waals surface area contributed by atoms with Crippen LogP contribution in [0, 0.1) is 11.3 Å². The molecule has 2 atom stereocenters. The van der Waals surface area contributed by atoms with Crippen LogP contribution in [0.5, 0.6) is 0 Å². The van der Waals surface area contributed by atoms with Crippen molar-refractivity contribution in [1.29, 1.82) is 0 Å². The summed E-state index contributed by atoms with van der Waals surface area (Å²) in [6.07, 6.45) is 0.937. The molecule has 0 saturated carbocycles. The van der Waals surface area contributed by atoms with E-state index in [1.807, 2.05) is 34.6 Å². The van der Waals surface area contributed by atoms with Crippen LogP contribution in [0.4, 0.5) is 4.79 Å². The highest BCUT2D eigenvalue weighted by atomic mass is 16.6. The van der Waals surface area contributed by atoms with E-state index in [2.05, 4.69) is 6.58 Å². The number of cyclic esters (lactones) is 1. The first kappa shape index (κ1) is 16.5. The average Bonchev–Trinajstić information content (AvgIpc) is 2.63. The van der Waals surface area contributed by atoms with Gasteiger partial charge in [-0.25, -0.2) is 9.59 Å². The lowest BCUT2D eigenvalue weighted by molar-refractivity contribution is -0.147. The second-order valence-corrected chi connectivity index (χ2v) is 6.57. The molecule has 0 bridgehead atoms. The van der Waals surface area contributed by atoms with E-state index in [0.29, 0.717) is 6.42 Å². The van der Waals surface area contributed by atoms with Gasteiger partial charge in [0, 0.05) is 5.41 Å². The van der Waals surface area contributed by atoms with Crippen molar-refractivity contribution >= 4 is 12.1 Å². The maximum Gasteiger partial charge on any atom is 0.413 e. The first-order valence-electron chi connectivity index (χ1n) is 6.95. The van der Waals surface area contributed by atoms with Crippen molar-refractivity contribution in [1.82, 2.24) is 4.90 Å². The maximum atomic E-state index is 12.2. The average molecular weight is 283 g/mol. The van der Waals surface area contributed by atoms with E-state index in [-0.39, 0.29) is 23.9 Å². The summed E-state index contributed by atoms with van der Waals surface area (Å²) in [6, 6.07) is -0.573. The predicted molar refractivity (Wildman–Crippen MR) is 76.0 cm³/mol. The van der Waals surface area contributed by atoms with Gasteiger partial charge in [0.05, 0.1) is 0 Å². The van der Waals surface area contributed by atoms with Crippen molar-refractivity contribution in [3.63, 3.8) is 0 Å². The fourth-order valence-electron chi connectivity index (χ4n) is 2.20. The molecule has 1 aliphatic rings. The second kappa shape index (κ2) is 6.29. The summed E-state index contributed by atoms with van der Waals surface area (Å²) >= 11 is 0. The third kappa shape index (κ3) is 3.74. The number of ether oxygens (including phenoxy) is 2. The number of carbonyl (C=O) groups excluding carboxylic acids is 2. The zero-order valence-corrected chi connectivity index (χ0v) is 13.0. The van der Waals surface area contributed by atoms with Crippen molar-refractivity contribution in [2.45, 2.75) is 53.3 Å². The Kier molecular flexibility index (Phi) is 5.20. The molecule has 1 fully saturated rings. The van der Waals surface area contributed by atoms with E-state index in [1.165, 1.54) is 11.0 Å². The number of rotatable bonds is 4. The Morgan fingerprint density at radius 3 is 2.55 bits per heavy atom. The minimum atomic E-state index is -0.601. The Balaban J connectivity index is 3.00. The molecule has 1 aliphatic heterocycles. The number of hydrogen-bond acceptors (Lipinski definition) is 4. The largest absolute Gasteiger partial charge is 0.445 e. The molecular weight excluding hydrogens is 258 g/mol. The monoisotopic (exact) mass is 283 g/mol. The van der Waals surface area contributed by atoms with Crippen LogP contribution in [0.15, 0.2) is 12.7 Å². The molecule has 0 N–H and O–H groups in total. The molecule has 5 nitrogen and oxygen atoms in total. The standard InChI is InChI=1S/C15H25NO4/c1-7-8-19-14(18)16-11(9-10(2)3)12(17)20-13(16)15(4,5)6/h7,10-11,13H,1,8-9H2,2-6H3/t11-,13-/m0/s1. The number of nitrogens with zero attached hydrogens (tertiary/aromatic N) is 1. The first-order chi connectivity index (χ1) is 9.18. The molecule has 0 aliphatic carbocycles. The highest BCUT2D eigenvalue weighted by Gasteiger charge is 2.50. The Morgan fingerprint density at radius 1 is 1.50 bits per heavy atom. The molecule has 1 heterocycles. The fourth-order valence-corrected chi connectivity index (χ4v) is 2.20. The second-order valence-electron chi connectivity index (χ2n) is 6.57. The Hall–Kier alpha value is -1.52. The summed E-state index contributed by atoms with van der Waals surface area (Å²) in [4.78, 5) is 25.7. The van der Waals surface area contributed by atoms with Gasteiger partial charge in [0.15, 0.2) is 6.23 Å². The zero-order chi connectivity index (χ0) is 15.5. The summed E-state index contributed by atoms with van der Waals surface area (Å²) in [5, 5.41) is 0. The van der Waals surface area contributed by atoms with Crippen LogP contribution in [0.3, 0.4) is 0 Å². The topological polar surface area (TPSA) is 55.8 Å². The predicted octanol–water partition coefficient (Wildman–Crippen LogP) is 2.95. The minimum absolute atomic E-state index is 0.120. The number of hydrogen-bond donors (Lipinski definition) is 0. The van der Waals surface area contributed by atoms with Gasteiger partial charge in [-0.2, -0.15) is 0 Å². The highest BCUT2D eigenvalue weighted by molar-refractivity contribution is 5.84. The molecular formula is C15H25NO4. The van der Waals surface area contributed by atoms with Crippen LogP contribution in [-0.2, 0) is 14.3 Å². The van der Waals surface area contributed by atoms with Crippen LogP contribution in [0.2, 0.25) is 0 Å². The molecule has 0 radical (unpaired) electrons. The smallest absolute Gasteiger partial charge is 0.413 e. The van der Waals surface area contributed by atoms with Crippen LogP contribution in [-0.4, -0.2) is 35.8 Å². The lowest BCUT2D eigenvalue weighted by Gasteiger charge is -2.33. The van der Waals surface area contributed by atoms with Crippen molar-refractivity contribution in [3.05, 3.63) is 12.7 Å². The fraction of sp³-hybridized carbons (Fsp3) is 0.733. The molecule has 20 heavy (non-hydrogen) atoms. The van der Waals surface area contributed by atoms with Gasteiger partial charge in [0.1, 0.15) is 12.6 Å². The quantitative estimate of drug-likeness (QED) is 0.588. The van der Waals surface area contributed by atoms with Gasteiger partial charge in [-0.05, 0) is 12.3 Å². The molecule has 0 aromatic rings. The van der Waals surface area contributed by atoms with E-state index >= 15 is 0 Å². The molecule has 5 heteroatoms. The van der Waals surface area contributed by atoms with Gasteiger partial charge in [-0.15, -0.1) is 0 Å². The number of amides is 1. The molecule has 1 amide bonds. The van der Waals surface area contributed by atoms with E-state index in [9.17, 15) is 9.59 Å². The third-order valence-electron chi connectivity index (χ3n) is 3.06. The third-order valence-corrected chi connectivity index (χ3v) is 3.06. The van der Waals surface area contributed by atoms with Crippen LogP contribution >= 0.6 is 0 Å². The summed E-state index contributed by atoms with van der Waals surface area (Å²) in [6.45, 7) is 13.4. The van der Waals surface area contributed by atoms with Gasteiger partial charge < -0.3 is 9.47 Å². The van der Waals surface area contributed by atoms with Crippen LogP contribution < -0.4 is 0 Å². The van der Waals surface area contributed by atoms with Gasteiger partial charge in [-0.1, -0.05) is 47.3 Å². The molecule has 1 rings (SSSR count). The van der Waals surface area contributed by atoms with Gasteiger partial charge in [0.2, 0.25) is 0 Å². The first-order valence-corrected chi connectivity index (χ1v) is 6.95. The molecule has 0 aromatic heterocycles. The normalized spacial score (nSPS) is 22.9. The molecule has 0 spiro atoms. The van der Waals surface area contributed by atoms with E-state index in [1.54, 1.807) is 0 Å². The zero-order valence-electron chi connectivity index (χ0n) is 13.0. The summed E-state index contributed by atoms with van der Waals surface area (Å²) in [5.74, 6) is -0.0739. The van der Waals surface area contributed by atoms with Gasteiger partial charge in [0.25, 0.3) is 0 Å². The van der Waals surface area contributed by atoms with E-state index in [4.69, 9.17) is 9.47 Å². The van der Waals surface area contributed by atoms with E-state index in [0.717, 1.165) is 0 Å². The molecule has 1 saturated heterocycles.